The van der Waals surface area contributed by atoms with Crippen LogP contribution in [0.25, 0.3) is 22.4 Å². The van der Waals surface area contributed by atoms with Crippen LogP contribution < -0.4 is 15.1 Å². The van der Waals surface area contributed by atoms with Gasteiger partial charge in [-0.3, -0.25) is 9.63 Å². The summed E-state index contributed by atoms with van der Waals surface area (Å²) < 4.78 is 11.4. The molecule has 1 aliphatic heterocycles. The van der Waals surface area contributed by atoms with E-state index in [-0.39, 0.29) is 5.91 Å². The zero-order valence-corrected chi connectivity index (χ0v) is 21.6. The largest absolute Gasteiger partial charge is 0.426 e. The number of aromatic nitrogens is 3. The van der Waals surface area contributed by atoms with Crippen LogP contribution in [0.15, 0.2) is 54.6 Å². The number of H-pyrrole nitrogens is 1. The number of imidazole rings is 1. The van der Waals surface area contributed by atoms with Gasteiger partial charge >= 0.3 is 6.01 Å². The quantitative estimate of drug-likeness (QED) is 0.335. The molecule has 10 heteroatoms. The normalized spacial score (nSPS) is 14.1. The molecule has 1 fully saturated rings. The molecule has 0 bridgehead atoms. The van der Waals surface area contributed by atoms with Gasteiger partial charge in [0.25, 0.3) is 5.91 Å². The van der Waals surface area contributed by atoms with Crippen molar-refractivity contribution >= 4 is 34.4 Å². The Labute approximate surface area is 219 Å². The van der Waals surface area contributed by atoms with Gasteiger partial charge in [0.05, 0.1) is 42.0 Å². The lowest BCUT2D eigenvalue weighted by Gasteiger charge is -2.28. The van der Waals surface area contributed by atoms with Gasteiger partial charge in [-0.25, -0.2) is 10.5 Å². The second-order valence-electron chi connectivity index (χ2n) is 9.26. The summed E-state index contributed by atoms with van der Waals surface area (Å²) in [4.78, 5) is 31.6. The summed E-state index contributed by atoms with van der Waals surface area (Å²) in [5.74, 6) is 0.325. The molecular weight excluding hydrogens is 494 g/mol. The van der Waals surface area contributed by atoms with E-state index in [1.54, 1.807) is 18.2 Å². The van der Waals surface area contributed by atoms with Crippen molar-refractivity contribution < 1.29 is 19.1 Å². The van der Waals surface area contributed by atoms with E-state index < -0.39 is 5.41 Å². The summed E-state index contributed by atoms with van der Waals surface area (Å²) in [5.41, 5.74) is 6.30. The van der Waals surface area contributed by atoms with Crippen molar-refractivity contribution in [2.45, 2.75) is 19.3 Å². The van der Waals surface area contributed by atoms with E-state index in [4.69, 9.17) is 25.9 Å². The lowest BCUT2D eigenvalue weighted by Crippen LogP contribution is -2.39. The summed E-state index contributed by atoms with van der Waals surface area (Å²) in [7, 11) is 1.41. The number of fused-ring (bicyclic) bond motifs is 1. The van der Waals surface area contributed by atoms with Crippen LogP contribution in [0.1, 0.15) is 19.4 Å². The highest BCUT2D eigenvalue weighted by molar-refractivity contribution is 6.33. The lowest BCUT2D eigenvalue weighted by atomic mass is 9.84. The van der Waals surface area contributed by atoms with Crippen molar-refractivity contribution in [3.63, 3.8) is 0 Å². The first-order chi connectivity index (χ1) is 17.8. The van der Waals surface area contributed by atoms with Crippen LogP contribution in [0.2, 0.25) is 5.02 Å². The molecule has 3 heterocycles. The van der Waals surface area contributed by atoms with Crippen LogP contribution in [-0.2, 0) is 19.8 Å². The molecule has 2 aromatic carbocycles. The van der Waals surface area contributed by atoms with Gasteiger partial charge in [0.2, 0.25) is 0 Å². The number of hydroxylamine groups is 1. The Bertz CT molecular complexity index is 1400. The number of halogens is 1. The molecule has 0 radical (unpaired) electrons. The average Bonchev–Trinajstić information content (AvgIpc) is 3.30. The molecule has 0 atom stereocenters. The summed E-state index contributed by atoms with van der Waals surface area (Å²) in [6.45, 7) is 6.87. The van der Waals surface area contributed by atoms with Gasteiger partial charge in [0.1, 0.15) is 5.75 Å². The maximum atomic E-state index is 12.3. The molecule has 0 saturated carbocycles. The van der Waals surface area contributed by atoms with Gasteiger partial charge < -0.3 is 19.4 Å². The third-order valence-corrected chi connectivity index (χ3v) is 6.76. The van der Waals surface area contributed by atoms with E-state index in [1.807, 2.05) is 38.1 Å². The third kappa shape index (κ3) is 5.24. The van der Waals surface area contributed by atoms with E-state index >= 15 is 0 Å². The van der Waals surface area contributed by atoms with Crippen LogP contribution in [-0.4, -0.2) is 54.3 Å². The molecule has 1 saturated heterocycles. The van der Waals surface area contributed by atoms with Gasteiger partial charge in [-0.15, -0.1) is 0 Å². The zero-order chi connectivity index (χ0) is 26.0. The first-order valence-electron chi connectivity index (χ1n) is 12.0. The number of anilines is 1. The maximum absolute atomic E-state index is 12.3. The number of morpholine rings is 1. The second-order valence-corrected chi connectivity index (χ2v) is 9.67. The molecular formula is C27H28ClN5O4. The van der Waals surface area contributed by atoms with E-state index in [2.05, 4.69) is 37.5 Å². The number of aromatic amines is 1. The molecule has 1 aliphatic rings. The Morgan fingerprint density at radius 3 is 2.46 bits per heavy atom. The number of ether oxygens (including phenoxy) is 2. The van der Waals surface area contributed by atoms with Crippen molar-refractivity contribution in [1.29, 1.82) is 0 Å². The zero-order valence-electron chi connectivity index (χ0n) is 20.9. The summed E-state index contributed by atoms with van der Waals surface area (Å²) in [5, 5.41) is 0.516. The topological polar surface area (TPSA) is 102 Å². The molecule has 5 rings (SSSR count). The molecule has 37 heavy (non-hydrogen) atoms. The number of nitrogens with zero attached hydrogens (tertiary/aromatic N) is 3. The predicted molar refractivity (Wildman–Crippen MR) is 142 cm³/mol. The third-order valence-electron chi connectivity index (χ3n) is 6.47. The van der Waals surface area contributed by atoms with E-state index in [0.717, 1.165) is 43.1 Å². The Morgan fingerprint density at radius 2 is 1.78 bits per heavy atom. The van der Waals surface area contributed by atoms with Crippen molar-refractivity contribution in [2.24, 2.45) is 0 Å². The molecule has 192 valence electrons. The molecule has 2 aromatic heterocycles. The van der Waals surface area contributed by atoms with Gasteiger partial charge in [-0.1, -0.05) is 35.9 Å². The number of nitrogens with one attached hydrogen (secondary N) is 2. The molecule has 2 N–H and O–H groups in total. The highest BCUT2D eigenvalue weighted by Crippen LogP contribution is 2.32. The van der Waals surface area contributed by atoms with E-state index in [1.165, 1.54) is 7.11 Å². The number of amides is 1. The molecule has 9 nitrogen and oxygen atoms in total. The summed E-state index contributed by atoms with van der Waals surface area (Å²) in [6, 6.07) is 17.5. The highest BCUT2D eigenvalue weighted by Gasteiger charge is 2.30. The minimum Gasteiger partial charge on any atom is -0.426 e. The fourth-order valence-electron chi connectivity index (χ4n) is 4.20. The number of benzene rings is 2. The maximum Gasteiger partial charge on any atom is 0.301 e. The fraction of sp³-hybridized carbons (Fsp3) is 0.296. The minimum atomic E-state index is -0.772. The van der Waals surface area contributed by atoms with Gasteiger partial charge in [-0.2, -0.15) is 4.98 Å². The predicted octanol–water partition coefficient (Wildman–Crippen LogP) is 4.86. The van der Waals surface area contributed by atoms with Crippen LogP contribution in [0, 0.1) is 0 Å². The summed E-state index contributed by atoms with van der Waals surface area (Å²) >= 11 is 6.58. The lowest BCUT2D eigenvalue weighted by molar-refractivity contribution is -0.136. The molecule has 0 unspecified atom stereocenters. The van der Waals surface area contributed by atoms with Gasteiger partial charge in [0, 0.05) is 24.3 Å². The molecule has 0 spiro atoms. The number of hydrogen-bond acceptors (Lipinski definition) is 7. The van der Waals surface area contributed by atoms with Crippen LogP contribution in [0.5, 0.6) is 11.8 Å². The molecule has 1 amide bonds. The van der Waals surface area contributed by atoms with Crippen LogP contribution in [0.4, 0.5) is 5.69 Å². The highest BCUT2D eigenvalue weighted by atomic mass is 35.5. The second kappa shape index (κ2) is 10.4. The van der Waals surface area contributed by atoms with Crippen LogP contribution in [0.3, 0.4) is 0 Å². The number of rotatable bonds is 7. The van der Waals surface area contributed by atoms with Gasteiger partial charge in [0.15, 0.2) is 5.65 Å². The van der Waals surface area contributed by atoms with Crippen molar-refractivity contribution in [3.8, 4) is 23.0 Å². The number of carbonyl (C=O) groups is 1. The Kier molecular flexibility index (Phi) is 7.01. The van der Waals surface area contributed by atoms with E-state index in [0.29, 0.717) is 33.6 Å². The van der Waals surface area contributed by atoms with Crippen LogP contribution >= 0.6 is 11.6 Å². The smallest absolute Gasteiger partial charge is 0.301 e. The SMILES string of the molecule is CONC(=O)C(C)(C)c1ccc(Oc2nc3nc(-c4ccc(N5CCOCC5)cc4)c(Cl)cc3[nH]2)cc1. The van der Waals surface area contributed by atoms with Crippen molar-refractivity contribution in [2.75, 3.05) is 38.3 Å². The first-order valence-corrected chi connectivity index (χ1v) is 12.3. The standard InChI is InChI=1S/C27H28ClN5O4/c1-27(2,25(34)32-35-3)18-6-10-20(11-7-18)37-26-29-22-16-21(28)23(30-24(22)31-26)17-4-8-19(9-5-17)33-12-14-36-15-13-33/h4-11,16H,12-15H2,1-3H3,(H,32,34)(H,29,30,31). The number of hydrogen-bond donors (Lipinski definition) is 2. The Balaban J connectivity index is 1.33. The molecule has 4 aromatic rings. The van der Waals surface area contributed by atoms with Gasteiger partial charge in [-0.05, 0) is 49.7 Å². The Morgan fingerprint density at radius 1 is 1.08 bits per heavy atom. The molecule has 0 aliphatic carbocycles. The van der Waals surface area contributed by atoms with Crippen molar-refractivity contribution in [3.05, 3.63) is 65.2 Å². The summed E-state index contributed by atoms with van der Waals surface area (Å²) in [6.07, 6.45) is 0. The monoisotopic (exact) mass is 521 g/mol. The fourth-order valence-corrected chi connectivity index (χ4v) is 4.46. The van der Waals surface area contributed by atoms with E-state index in [9.17, 15) is 4.79 Å². The Hall–Kier alpha value is -3.66. The number of pyridine rings is 1. The van der Waals surface area contributed by atoms with Crippen molar-refractivity contribution in [1.82, 2.24) is 20.4 Å². The first kappa shape index (κ1) is 25.0. The number of carbonyl (C=O) groups excluding carboxylic acids is 1. The minimum absolute atomic E-state index is 0.240. The average molecular weight is 522 g/mol.